The number of benzene rings is 2. The monoisotopic (exact) mass is 282 g/mol. The van der Waals surface area contributed by atoms with Crippen LogP contribution in [0.3, 0.4) is 0 Å². The SMILES string of the molecule is COCc1c(C(=O)O)cnn1-c1cccc2ccccc12. The number of rotatable bonds is 4. The van der Waals surface area contributed by atoms with Gasteiger partial charge in [0.05, 0.1) is 24.2 Å². The van der Waals surface area contributed by atoms with Gasteiger partial charge in [0.25, 0.3) is 0 Å². The van der Waals surface area contributed by atoms with Crippen LogP contribution in [0.25, 0.3) is 16.5 Å². The van der Waals surface area contributed by atoms with Gasteiger partial charge in [-0.05, 0) is 11.5 Å². The molecule has 1 N–H and O–H groups in total. The van der Waals surface area contributed by atoms with Crippen LogP contribution in [0.1, 0.15) is 16.1 Å². The van der Waals surface area contributed by atoms with Crippen LogP contribution in [-0.4, -0.2) is 28.0 Å². The van der Waals surface area contributed by atoms with Crippen molar-refractivity contribution < 1.29 is 14.6 Å². The van der Waals surface area contributed by atoms with Crippen molar-refractivity contribution in [1.29, 1.82) is 0 Å². The minimum atomic E-state index is -1.01. The van der Waals surface area contributed by atoms with Gasteiger partial charge in [-0.25, -0.2) is 9.48 Å². The standard InChI is InChI=1S/C16H14N2O3/c1-21-10-15-13(16(19)20)9-17-18(15)14-8-4-6-11-5-2-3-7-12(11)14/h2-9H,10H2,1H3,(H,19,20). The Bertz CT molecular complexity index is 803. The average Bonchev–Trinajstić information content (AvgIpc) is 2.91. The number of hydrogen-bond donors (Lipinski definition) is 1. The van der Waals surface area contributed by atoms with E-state index in [0.717, 1.165) is 16.5 Å². The Hall–Kier alpha value is -2.66. The molecule has 0 aliphatic carbocycles. The zero-order chi connectivity index (χ0) is 14.8. The molecule has 5 heteroatoms. The molecular weight excluding hydrogens is 268 g/mol. The lowest BCUT2D eigenvalue weighted by atomic mass is 10.1. The Morgan fingerprint density at radius 2 is 2.00 bits per heavy atom. The number of methoxy groups -OCH3 is 1. The molecule has 106 valence electrons. The molecule has 0 spiro atoms. The van der Waals surface area contributed by atoms with E-state index in [1.807, 2.05) is 42.5 Å². The molecule has 3 aromatic rings. The maximum absolute atomic E-state index is 11.3. The molecule has 5 nitrogen and oxygen atoms in total. The number of nitrogens with zero attached hydrogens (tertiary/aromatic N) is 2. The van der Waals surface area contributed by atoms with Crippen molar-refractivity contribution >= 4 is 16.7 Å². The molecule has 0 aliphatic rings. The van der Waals surface area contributed by atoms with Gasteiger partial charge in [0.1, 0.15) is 5.56 Å². The van der Waals surface area contributed by atoms with E-state index < -0.39 is 5.97 Å². The largest absolute Gasteiger partial charge is 0.478 e. The van der Waals surface area contributed by atoms with Crippen molar-refractivity contribution in [3.05, 3.63) is 59.9 Å². The maximum Gasteiger partial charge on any atom is 0.339 e. The predicted molar refractivity (Wildman–Crippen MR) is 78.7 cm³/mol. The molecule has 0 bridgehead atoms. The molecule has 0 aliphatic heterocycles. The normalized spacial score (nSPS) is 10.9. The van der Waals surface area contributed by atoms with Crippen molar-refractivity contribution in [2.75, 3.05) is 7.11 Å². The molecule has 3 rings (SSSR count). The number of ether oxygens (including phenoxy) is 1. The highest BCUT2D eigenvalue weighted by molar-refractivity contribution is 5.92. The lowest BCUT2D eigenvalue weighted by molar-refractivity contribution is 0.0691. The van der Waals surface area contributed by atoms with Gasteiger partial charge < -0.3 is 9.84 Å². The van der Waals surface area contributed by atoms with Gasteiger partial charge in [-0.15, -0.1) is 0 Å². The van der Waals surface area contributed by atoms with Gasteiger partial charge in [0, 0.05) is 12.5 Å². The Morgan fingerprint density at radius 3 is 2.76 bits per heavy atom. The quantitative estimate of drug-likeness (QED) is 0.799. The third-order valence-corrected chi connectivity index (χ3v) is 3.38. The van der Waals surface area contributed by atoms with E-state index in [9.17, 15) is 9.90 Å². The highest BCUT2D eigenvalue weighted by Crippen LogP contribution is 2.24. The molecular formula is C16H14N2O3. The maximum atomic E-state index is 11.3. The first-order valence-corrected chi connectivity index (χ1v) is 6.49. The fourth-order valence-corrected chi connectivity index (χ4v) is 2.43. The topological polar surface area (TPSA) is 64.3 Å². The van der Waals surface area contributed by atoms with Crippen molar-refractivity contribution in [2.45, 2.75) is 6.61 Å². The van der Waals surface area contributed by atoms with Crippen molar-refractivity contribution in [3.8, 4) is 5.69 Å². The Morgan fingerprint density at radius 1 is 1.24 bits per heavy atom. The van der Waals surface area contributed by atoms with Gasteiger partial charge in [-0.1, -0.05) is 36.4 Å². The summed E-state index contributed by atoms with van der Waals surface area (Å²) in [5.41, 5.74) is 1.53. The summed E-state index contributed by atoms with van der Waals surface area (Å²) in [6.07, 6.45) is 1.36. The highest BCUT2D eigenvalue weighted by Gasteiger charge is 2.18. The summed E-state index contributed by atoms with van der Waals surface area (Å²) in [7, 11) is 1.53. The molecule has 0 amide bonds. The second-order valence-corrected chi connectivity index (χ2v) is 4.65. The summed E-state index contributed by atoms with van der Waals surface area (Å²) in [4.78, 5) is 11.3. The molecule has 21 heavy (non-hydrogen) atoms. The van der Waals surface area contributed by atoms with Gasteiger partial charge in [0.2, 0.25) is 0 Å². The summed E-state index contributed by atoms with van der Waals surface area (Å²) < 4.78 is 6.76. The van der Waals surface area contributed by atoms with Crippen molar-refractivity contribution in [3.63, 3.8) is 0 Å². The van der Waals surface area contributed by atoms with Crippen LogP contribution in [0, 0.1) is 0 Å². The van der Waals surface area contributed by atoms with Crippen molar-refractivity contribution in [1.82, 2.24) is 9.78 Å². The molecule has 0 atom stereocenters. The summed E-state index contributed by atoms with van der Waals surface area (Å²) >= 11 is 0. The number of aromatic carboxylic acids is 1. The lowest BCUT2D eigenvalue weighted by Gasteiger charge is -2.10. The molecule has 0 saturated heterocycles. The fraction of sp³-hybridized carbons (Fsp3) is 0.125. The number of carboxylic acids is 1. The van der Waals surface area contributed by atoms with Crippen LogP contribution in [-0.2, 0) is 11.3 Å². The summed E-state index contributed by atoms with van der Waals surface area (Å²) in [6.45, 7) is 0.185. The number of fused-ring (bicyclic) bond motifs is 1. The molecule has 0 saturated carbocycles. The molecule has 0 fully saturated rings. The van der Waals surface area contributed by atoms with E-state index in [4.69, 9.17) is 4.74 Å². The fourth-order valence-electron chi connectivity index (χ4n) is 2.43. The molecule has 0 radical (unpaired) electrons. The molecule has 1 aromatic heterocycles. The lowest BCUT2D eigenvalue weighted by Crippen LogP contribution is -2.08. The van der Waals surface area contributed by atoms with Crippen molar-refractivity contribution in [2.24, 2.45) is 0 Å². The van der Waals surface area contributed by atoms with Crippen LogP contribution in [0.5, 0.6) is 0 Å². The summed E-state index contributed by atoms with van der Waals surface area (Å²) in [6, 6.07) is 13.8. The predicted octanol–water partition coefficient (Wildman–Crippen LogP) is 2.87. The van der Waals surface area contributed by atoms with Gasteiger partial charge in [-0.2, -0.15) is 5.10 Å². The number of aromatic nitrogens is 2. The third kappa shape index (κ3) is 2.28. The van der Waals surface area contributed by atoms with Gasteiger partial charge in [0.15, 0.2) is 0 Å². The molecule has 2 aromatic carbocycles. The second kappa shape index (κ2) is 5.38. The van der Waals surface area contributed by atoms with E-state index in [0.29, 0.717) is 5.69 Å². The Kier molecular flexibility index (Phi) is 3.41. The van der Waals surface area contributed by atoms with E-state index >= 15 is 0 Å². The second-order valence-electron chi connectivity index (χ2n) is 4.65. The van der Waals surface area contributed by atoms with Crippen LogP contribution >= 0.6 is 0 Å². The summed E-state index contributed by atoms with van der Waals surface area (Å²) in [5.74, 6) is -1.01. The zero-order valence-electron chi connectivity index (χ0n) is 11.5. The third-order valence-electron chi connectivity index (χ3n) is 3.38. The van der Waals surface area contributed by atoms with Gasteiger partial charge >= 0.3 is 5.97 Å². The molecule has 0 unspecified atom stereocenters. The van der Waals surface area contributed by atoms with Gasteiger partial charge in [-0.3, -0.25) is 0 Å². The van der Waals surface area contributed by atoms with E-state index in [1.54, 1.807) is 4.68 Å². The van der Waals surface area contributed by atoms with E-state index in [1.165, 1.54) is 13.3 Å². The number of hydrogen-bond acceptors (Lipinski definition) is 3. The minimum Gasteiger partial charge on any atom is -0.478 e. The van der Waals surface area contributed by atoms with E-state index in [-0.39, 0.29) is 12.2 Å². The van der Waals surface area contributed by atoms with Crippen LogP contribution < -0.4 is 0 Å². The zero-order valence-corrected chi connectivity index (χ0v) is 11.5. The van der Waals surface area contributed by atoms with Crippen LogP contribution in [0.2, 0.25) is 0 Å². The molecule has 1 heterocycles. The minimum absolute atomic E-state index is 0.157. The van der Waals surface area contributed by atoms with Crippen LogP contribution in [0.15, 0.2) is 48.7 Å². The highest BCUT2D eigenvalue weighted by atomic mass is 16.5. The Labute approximate surface area is 121 Å². The summed E-state index contributed by atoms with van der Waals surface area (Å²) in [5, 5.41) is 15.6. The first-order valence-electron chi connectivity index (χ1n) is 6.49. The van der Waals surface area contributed by atoms with Crippen LogP contribution in [0.4, 0.5) is 0 Å². The first kappa shape index (κ1) is 13.3. The Balaban J connectivity index is 2.26. The average molecular weight is 282 g/mol. The smallest absolute Gasteiger partial charge is 0.339 e. The number of carboxylic acid groups (broad SMARTS) is 1. The first-order chi connectivity index (χ1) is 10.2. The van der Waals surface area contributed by atoms with E-state index in [2.05, 4.69) is 5.10 Å². The number of carbonyl (C=O) groups is 1.